The number of carbonyl (C=O) groups excluding carboxylic acids is 1. The number of urea groups is 1. The molecule has 1 aromatic carbocycles. The fourth-order valence-corrected chi connectivity index (χ4v) is 2.01. The number of benzene rings is 1. The number of anilines is 1. The molecule has 0 bridgehead atoms. The lowest BCUT2D eigenvalue weighted by atomic mass is 10.2. The van der Waals surface area contributed by atoms with E-state index in [0.29, 0.717) is 23.6 Å². The molecular formula is C17H21N3O3. The SMILES string of the molecule is CC[C@H](CO)NC(=O)Nc1ccc(Oc2cccnc2)c(C)c1. The van der Waals surface area contributed by atoms with Gasteiger partial charge in [0.05, 0.1) is 18.8 Å². The number of rotatable bonds is 6. The first-order valence-corrected chi connectivity index (χ1v) is 7.49. The van der Waals surface area contributed by atoms with Gasteiger partial charge in [0.25, 0.3) is 0 Å². The van der Waals surface area contributed by atoms with Crippen molar-refractivity contribution in [3.05, 3.63) is 48.3 Å². The number of nitrogens with one attached hydrogen (secondary N) is 2. The molecule has 0 aliphatic rings. The lowest BCUT2D eigenvalue weighted by Gasteiger charge is -2.15. The highest BCUT2D eigenvalue weighted by Gasteiger charge is 2.10. The highest BCUT2D eigenvalue weighted by atomic mass is 16.5. The summed E-state index contributed by atoms with van der Waals surface area (Å²) in [5.41, 5.74) is 1.55. The van der Waals surface area contributed by atoms with Crippen LogP contribution in [0.2, 0.25) is 0 Å². The number of hydrogen-bond acceptors (Lipinski definition) is 4. The maximum absolute atomic E-state index is 11.9. The van der Waals surface area contributed by atoms with E-state index in [2.05, 4.69) is 15.6 Å². The second-order valence-corrected chi connectivity index (χ2v) is 5.16. The monoisotopic (exact) mass is 315 g/mol. The molecule has 2 rings (SSSR count). The fraction of sp³-hybridized carbons (Fsp3) is 0.294. The van der Waals surface area contributed by atoms with Gasteiger partial charge in [-0.05, 0) is 49.2 Å². The number of aliphatic hydroxyl groups excluding tert-OH is 1. The predicted octanol–water partition coefficient (Wildman–Crippen LogP) is 3.07. The average Bonchev–Trinajstić information content (AvgIpc) is 2.56. The van der Waals surface area contributed by atoms with E-state index < -0.39 is 0 Å². The first kappa shape index (κ1) is 16.8. The maximum atomic E-state index is 11.9. The number of ether oxygens (including phenoxy) is 1. The van der Waals surface area contributed by atoms with E-state index in [1.54, 1.807) is 30.6 Å². The Morgan fingerprint density at radius 2 is 2.22 bits per heavy atom. The zero-order valence-electron chi connectivity index (χ0n) is 13.2. The van der Waals surface area contributed by atoms with Crippen LogP contribution in [0.5, 0.6) is 11.5 Å². The van der Waals surface area contributed by atoms with Crippen LogP contribution in [-0.4, -0.2) is 28.8 Å². The van der Waals surface area contributed by atoms with Crippen molar-refractivity contribution in [2.75, 3.05) is 11.9 Å². The first-order chi connectivity index (χ1) is 11.1. The van der Waals surface area contributed by atoms with Crippen molar-refractivity contribution in [3.8, 4) is 11.5 Å². The van der Waals surface area contributed by atoms with Crippen LogP contribution in [0.15, 0.2) is 42.7 Å². The summed E-state index contributed by atoms with van der Waals surface area (Å²) in [6.45, 7) is 3.72. The summed E-state index contributed by atoms with van der Waals surface area (Å²) in [5, 5.41) is 14.5. The van der Waals surface area contributed by atoms with E-state index in [1.165, 1.54) is 0 Å². The van der Waals surface area contributed by atoms with Gasteiger partial charge < -0.3 is 20.5 Å². The van der Waals surface area contributed by atoms with E-state index >= 15 is 0 Å². The summed E-state index contributed by atoms with van der Waals surface area (Å²) in [4.78, 5) is 15.9. The molecule has 1 aromatic heterocycles. The Balaban J connectivity index is 2.00. The van der Waals surface area contributed by atoms with Crippen molar-refractivity contribution in [2.45, 2.75) is 26.3 Å². The van der Waals surface area contributed by atoms with Crippen LogP contribution in [0.25, 0.3) is 0 Å². The third-order valence-electron chi connectivity index (χ3n) is 3.34. The second kappa shape index (κ2) is 8.14. The highest BCUT2D eigenvalue weighted by molar-refractivity contribution is 5.89. The van der Waals surface area contributed by atoms with Crippen LogP contribution < -0.4 is 15.4 Å². The largest absolute Gasteiger partial charge is 0.455 e. The molecule has 0 saturated heterocycles. The molecule has 2 amide bonds. The Kier molecular flexibility index (Phi) is 5.94. The van der Waals surface area contributed by atoms with Crippen LogP contribution in [0, 0.1) is 6.92 Å². The van der Waals surface area contributed by atoms with E-state index in [1.807, 2.05) is 26.0 Å². The number of hydrogen-bond donors (Lipinski definition) is 3. The van der Waals surface area contributed by atoms with Gasteiger partial charge in [-0.15, -0.1) is 0 Å². The normalized spacial score (nSPS) is 11.6. The summed E-state index contributed by atoms with van der Waals surface area (Å²) >= 11 is 0. The number of pyridine rings is 1. The molecule has 0 fully saturated rings. The standard InChI is InChI=1S/C17H21N3O3/c1-3-13(11-21)19-17(22)20-14-6-7-16(12(2)9-14)23-15-5-4-8-18-10-15/h4-10,13,21H,3,11H2,1-2H3,(H2,19,20,22)/t13-/m1/s1. The lowest BCUT2D eigenvalue weighted by molar-refractivity contribution is 0.222. The van der Waals surface area contributed by atoms with Crippen LogP contribution in [0.1, 0.15) is 18.9 Å². The molecule has 23 heavy (non-hydrogen) atoms. The molecule has 6 nitrogen and oxygen atoms in total. The summed E-state index contributed by atoms with van der Waals surface area (Å²) in [6.07, 6.45) is 3.99. The molecule has 122 valence electrons. The van der Waals surface area contributed by atoms with Gasteiger partial charge in [0, 0.05) is 11.9 Å². The Morgan fingerprint density at radius 1 is 1.39 bits per heavy atom. The fourth-order valence-electron chi connectivity index (χ4n) is 2.01. The average molecular weight is 315 g/mol. The highest BCUT2D eigenvalue weighted by Crippen LogP contribution is 2.26. The molecule has 0 unspecified atom stereocenters. The van der Waals surface area contributed by atoms with E-state index in [9.17, 15) is 4.79 Å². The Morgan fingerprint density at radius 3 is 2.83 bits per heavy atom. The number of aryl methyl sites for hydroxylation is 1. The van der Waals surface area contributed by atoms with Crippen molar-refractivity contribution in [1.29, 1.82) is 0 Å². The van der Waals surface area contributed by atoms with Gasteiger partial charge in [0.2, 0.25) is 0 Å². The van der Waals surface area contributed by atoms with Gasteiger partial charge >= 0.3 is 6.03 Å². The van der Waals surface area contributed by atoms with Crippen molar-refractivity contribution in [3.63, 3.8) is 0 Å². The van der Waals surface area contributed by atoms with Crippen molar-refractivity contribution >= 4 is 11.7 Å². The minimum Gasteiger partial charge on any atom is -0.455 e. The quantitative estimate of drug-likeness (QED) is 0.765. The number of nitrogens with zero attached hydrogens (tertiary/aromatic N) is 1. The minimum atomic E-state index is -0.341. The van der Waals surface area contributed by atoms with E-state index in [-0.39, 0.29) is 18.7 Å². The topological polar surface area (TPSA) is 83.5 Å². The molecule has 1 heterocycles. The van der Waals surface area contributed by atoms with E-state index in [0.717, 1.165) is 5.56 Å². The van der Waals surface area contributed by atoms with Crippen molar-refractivity contribution in [1.82, 2.24) is 10.3 Å². The molecule has 0 radical (unpaired) electrons. The van der Waals surface area contributed by atoms with Gasteiger partial charge in [0.15, 0.2) is 0 Å². The van der Waals surface area contributed by atoms with Gasteiger partial charge in [-0.3, -0.25) is 4.98 Å². The van der Waals surface area contributed by atoms with Crippen LogP contribution >= 0.6 is 0 Å². The molecule has 6 heteroatoms. The Bertz CT molecular complexity index is 643. The van der Waals surface area contributed by atoms with Crippen LogP contribution in [-0.2, 0) is 0 Å². The summed E-state index contributed by atoms with van der Waals surface area (Å²) in [7, 11) is 0. The van der Waals surface area contributed by atoms with Gasteiger partial charge in [-0.25, -0.2) is 4.79 Å². The third-order valence-corrected chi connectivity index (χ3v) is 3.34. The smallest absolute Gasteiger partial charge is 0.319 e. The van der Waals surface area contributed by atoms with Crippen LogP contribution in [0.4, 0.5) is 10.5 Å². The summed E-state index contributed by atoms with van der Waals surface area (Å²) < 4.78 is 5.74. The van der Waals surface area contributed by atoms with Gasteiger partial charge in [0.1, 0.15) is 11.5 Å². The molecular weight excluding hydrogens is 294 g/mol. The molecule has 0 saturated carbocycles. The molecule has 3 N–H and O–H groups in total. The third kappa shape index (κ3) is 4.96. The maximum Gasteiger partial charge on any atom is 0.319 e. The molecule has 0 aliphatic carbocycles. The second-order valence-electron chi connectivity index (χ2n) is 5.16. The molecule has 0 aliphatic heterocycles. The molecule has 2 aromatic rings. The van der Waals surface area contributed by atoms with Crippen molar-refractivity contribution in [2.24, 2.45) is 0 Å². The Labute approximate surface area is 135 Å². The first-order valence-electron chi connectivity index (χ1n) is 7.49. The summed E-state index contributed by atoms with van der Waals surface area (Å²) in [5.74, 6) is 1.36. The minimum absolute atomic E-state index is 0.0825. The van der Waals surface area contributed by atoms with Crippen molar-refractivity contribution < 1.29 is 14.6 Å². The van der Waals surface area contributed by atoms with E-state index in [4.69, 9.17) is 9.84 Å². The number of aliphatic hydroxyl groups is 1. The Hall–Kier alpha value is -2.60. The summed E-state index contributed by atoms with van der Waals surface area (Å²) in [6, 6.07) is 8.42. The molecule has 0 spiro atoms. The lowest BCUT2D eigenvalue weighted by Crippen LogP contribution is -2.39. The van der Waals surface area contributed by atoms with Gasteiger partial charge in [-0.2, -0.15) is 0 Å². The zero-order chi connectivity index (χ0) is 16.7. The zero-order valence-corrected chi connectivity index (χ0v) is 13.2. The number of aromatic nitrogens is 1. The predicted molar refractivity (Wildman–Crippen MR) is 88.8 cm³/mol. The van der Waals surface area contributed by atoms with Gasteiger partial charge in [-0.1, -0.05) is 6.92 Å². The number of amides is 2. The van der Waals surface area contributed by atoms with Crippen LogP contribution in [0.3, 0.4) is 0 Å². The molecule has 1 atom stereocenters. The number of carbonyl (C=O) groups is 1.